The Morgan fingerprint density at radius 3 is 2.41 bits per heavy atom. The molecule has 8 heteroatoms. The van der Waals surface area contributed by atoms with Gasteiger partial charge in [-0.2, -0.15) is 4.68 Å². The number of aromatic nitrogens is 4. The summed E-state index contributed by atoms with van der Waals surface area (Å²) in [6.07, 6.45) is 0. The third-order valence-electron chi connectivity index (χ3n) is 4.45. The van der Waals surface area contributed by atoms with Gasteiger partial charge in [-0.05, 0) is 91.4 Å². The van der Waals surface area contributed by atoms with Gasteiger partial charge >= 0.3 is 0 Å². The largest absolute Gasteiger partial charge is 0.493 e. The molecular weight excluding hydrogens is 386 g/mol. The molecule has 1 heterocycles. The summed E-state index contributed by atoms with van der Waals surface area (Å²) in [5.74, 6) is 1.48. The Kier molecular flexibility index (Phi) is 6.66. The van der Waals surface area contributed by atoms with Crippen LogP contribution in [0.2, 0.25) is 0 Å². The van der Waals surface area contributed by atoms with Gasteiger partial charge in [-0.25, -0.2) is 4.68 Å². The van der Waals surface area contributed by atoms with E-state index in [2.05, 4.69) is 47.4 Å². The van der Waals surface area contributed by atoms with Crippen LogP contribution in [0, 0.1) is 18.6 Å². The summed E-state index contributed by atoms with van der Waals surface area (Å²) in [5, 5.41) is 8.49. The van der Waals surface area contributed by atoms with E-state index in [-0.39, 0.29) is 0 Å². The monoisotopic (exact) mass is 413 g/mol. The molecule has 0 aliphatic heterocycles. The summed E-state index contributed by atoms with van der Waals surface area (Å²) in [5.41, 5.74) is 4.37. The topological polar surface area (TPSA) is 57.3 Å². The summed E-state index contributed by atoms with van der Waals surface area (Å²) in [4.78, 5) is 2.12. The molecule has 0 aliphatic carbocycles. The maximum Gasteiger partial charge on any atom is 0.221 e. The molecule has 0 radical (unpaired) electrons. The van der Waals surface area contributed by atoms with Crippen LogP contribution in [-0.4, -0.2) is 45.5 Å². The second-order valence-electron chi connectivity index (χ2n) is 7.09. The SMILES string of the molecule is CCOc1ccc(CN(C)Cn2nnn(-c3cc(C)cc(C)c3)c2=S)cc1OC. The lowest BCUT2D eigenvalue weighted by Crippen LogP contribution is -2.22. The van der Waals surface area contributed by atoms with Crippen molar-refractivity contribution in [1.82, 2.24) is 24.7 Å². The van der Waals surface area contributed by atoms with Crippen LogP contribution < -0.4 is 9.47 Å². The Hall–Kier alpha value is -2.71. The van der Waals surface area contributed by atoms with Crippen molar-refractivity contribution in [2.75, 3.05) is 20.8 Å². The summed E-state index contributed by atoms with van der Waals surface area (Å²) in [7, 11) is 3.66. The first-order valence-electron chi connectivity index (χ1n) is 9.51. The molecular formula is C21H27N5O2S. The van der Waals surface area contributed by atoms with E-state index in [0.717, 1.165) is 33.9 Å². The van der Waals surface area contributed by atoms with Crippen LogP contribution >= 0.6 is 12.2 Å². The number of ether oxygens (including phenoxy) is 2. The molecule has 0 amide bonds. The maximum absolute atomic E-state index is 5.60. The predicted octanol–water partition coefficient (Wildman–Crippen LogP) is 3.91. The zero-order valence-corrected chi connectivity index (χ0v) is 18.4. The van der Waals surface area contributed by atoms with Crippen LogP contribution in [0.4, 0.5) is 0 Å². The lowest BCUT2D eigenvalue weighted by Gasteiger charge is -2.17. The Morgan fingerprint density at radius 1 is 1.03 bits per heavy atom. The summed E-state index contributed by atoms with van der Waals surface area (Å²) < 4.78 is 15.0. The van der Waals surface area contributed by atoms with Gasteiger partial charge in [0.15, 0.2) is 11.5 Å². The van der Waals surface area contributed by atoms with Crippen molar-refractivity contribution >= 4 is 12.2 Å². The summed E-state index contributed by atoms with van der Waals surface area (Å²) in [6.45, 7) is 7.91. The smallest absolute Gasteiger partial charge is 0.221 e. The van der Waals surface area contributed by atoms with Crippen LogP contribution in [0.1, 0.15) is 23.6 Å². The highest BCUT2D eigenvalue weighted by Gasteiger charge is 2.11. The fourth-order valence-corrected chi connectivity index (χ4v) is 3.51. The van der Waals surface area contributed by atoms with Gasteiger partial charge < -0.3 is 9.47 Å². The van der Waals surface area contributed by atoms with Crippen LogP contribution in [0.5, 0.6) is 11.5 Å². The molecule has 0 unspecified atom stereocenters. The highest BCUT2D eigenvalue weighted by atomic mass is 32.1. The molecule has 0 atom stereocenters. The number of hydrogen-bond donors (Lipinski definition) is 0. The number of benzene rings is 2. The van der Waals surface area contributed by atoms with Gasteiger partial charge in [0.05, 0.1) is 26.1 Å². The van der Waals surface area contributed by atoms with Crippen LogP contribution in [-0.2, 0) is 13.2 Å². The Morgan fingerprint density at radius 2 is 1.76 bits per heavy atom. The van der Waals surface area contributed by atoms with Crippen molar-refractivity contribution in [3.8, 4) is 17.2 Å². The van der Waals surface area contributed by atoms with Crippen molar-refractivity contribution in [2.24, 2.45) is 0 Å². The standard InChI is InChI=1S/C21H27N5O2S/c1-6-28-19-8-7-17(12-20(19)27-5)13-24(4)14-25-21(29)26(23-22-25)18-10-15(2)9-16(3)11-18/h7-12H,6,13-14H2,1-5H3. The molecule has 0 saturated heterocycles. The molecule has 0 aliphatic rings. The number of hydrogen-bond acceptors (Lipinski definition) is 6. The molecule has 0 saturated carbocycles. The van der Waals surface area contributed by atoms with Gasteiger partial charge in [0.1, 0.15) is 0 Å². The fraction of sp³-hybridized carbons (Fsp3) is 0.381. The van der Waals surface area contributed by atoms with E-state index < -0.39 is 0 Å². The average molecular weight is 414 g/mol. The van der Waals surface area contributed by atoms with Gasteiger partial charge in [0.25, 0.3) is 0 Å². The molecule has 3 rings (SSSR count). The van der Waals surface area contributed by atoms with E-state index in [4.69, 9.17) is 21.7 Å². The summed E-state index contributed by atoms with van der Waals surface area (Å²) in [6, 6.07) is 12.2. The van der Waals surface area contributed by atoms with E-state index in [1.807, 2.05) is 32.2 Å². The zero-order valence-electron chi connectivity index (χ0n) is 17.5. The molecule has 7 nitrogen and oxygen atoms in total. The number of nitrogens with zero attached hydrogens (tertiary/aromatic N) is 5. The first kappa shape index (κ1) is 21.0. The van der Waals surface area contributed by atoms with Crippen LogP contribution in [0.3, 0.4) is 0 Å². The Bertz CT molecular complexity index is 1020. The Labute approximate surface area is 176 Å². The third-order valence-corrected chi connectivity index (χ3v) is 4.83. The molecule has 1 aromatic heterocycles. The van der Waals surface area contributed by atoms with Crippen molar-refractivity contribution in [2.45, 2.75) is 34.0 Å². The van der Waals surface area contributed by atoms with Gasteiger partial charge in [-0.1, -0.05) is 12.1 Å². The lowest BCUT2D eigenvalue weighted by molar-refractivity contribution is 0.241. The molecule has 3 aromatic rings. The normalized spacial score (nSPS) is 11.1. The van der Waals surface area contributed by atoms with E-state index >= 15 is 0 Å². The molecule has 29 heavy (non-hydrogen) atoms. The quantitative estimate of drug-likeness (QED) is 0.522. The van der Waals surface area contributed by atoms with Crippen molar-refractivity contribution in [1.29, 1.82) is 0 Å². The first-order chi connectivity index (χ1) is 13.9. The van der Waals surface area contributed by atoms with Gasteiger partial charge in [0, 0.05) is 6.54 Å². The van der Waals surface area contributed by atoms with Gasteiger partial charge in [-0.15, -0.1) is 0 Å². The Balaban J connectivity index is 1.74. The predicted molar refractivity (Wildman–Crippen MR) is 115 cm³/mol. The highest BCUT2D eigenvalue weighted by molar-refractivity contribution is 7.71. The number of rotatable bonds is 8. The van der Waals surface area contributed by atoms with Gasteiger partial charge in [-0.3, -0.25) is 4.90 Å². The van der Waals surface area contributed by atoms with Crippen LogP contribution in [0.25, 0.3) is 5.69 Å². The second kappa shape index (κ2) is 9.19. The zero-order chi connectivity index (χ0) is 21.0. The highest BCUT2D eigenvalue weighted by Crippen LogP contribution is 2.28. The molecule has 2 aromatic carbocycles. The van der Waals surface area contributed by atoms with Crippen molar-refractivity contribution in [3.05, 3.63) is 57.9 Å². The minimum absolute atomic E-state index is 0.527. The lowest BCUT2D eigenvalue weighted by atomic mass is 10.1. The van der Waals surface area contributed by atoms with E-state index in [9.17, 15) is 0 Å². The number of methoxy groups -OCH3 is 1. The fourth-order valence-electron chi connectivity index (χ4n) is 3.27. The van der Waals surface area contributed by atoms with E-state index in [1.165, 1.54) is 0 Å². The van der Waals surface area contributed by atoms with Crippen LogP contribution in [0.15, 0.2) is 36.4 Å². The van der Waals surface area contributed by atoms with Gasteiger partial charge in [0.2, 0.25) is 4.77 Å². The third kappa shape index (κ3) is 5.02. The number of tetrazole rings is 1. The molecule has 0 N–H and O–H groups in total. The average Bonchev–Trinajstić information content (AvgIpc) is 3.02. The minimum atomic E-state index is 0.527. The molecule has 0 bridgehead atoms. The molecule has 0 spiro atoms. The first-order valence-corrected chi connectivity index (χ1v) is 9.92. The minimum Gasteiger partial charge on any atom is -0.493 e. The van der Waals surface area contributed by atoms with E-state index in [1.54, 1.807) is 16.5 Å². The molecule has 0 fully saturated rings. The number of aryl methyl sites for hydroxylation is 2. The van der Waals surface area contributed by atoms with Crippen molar-refractivity contribution < 1.29 is 9.47 Å². The maximum atomic E-state index is 5.60. The van der Waals surface area contributed by atoms with Crippen molar-refractivity contribution in [3.63, 3.8) is 0 Å². The second-order valence-corrected chi connectivity index (χ2v) is 7.46. The molecule has 154 valence electrons. The van der Waals surface area contributed by atoms with E-state index in [0.29, 0.717) is 24.6 Å². The summed E-state index contributed by atoms with van der Waals surface area (Å²) >= 11 is 5.60.